The van der Waals surface area contributed by atoms with Crippen molar-refractivity contribution in [2.24, 2.45) is 0 Å². The van der Waals surface area contributed by atoms with E-state index in [2.05, 4.69) is 84.6 Å². The number of methoxy groups -OCH3 is 1. The van der Waals surface area contributed by atoms with Gasteiger partial charge in [-0.1, -0.05) is 71.7 Å². The van der Waals surface area contributed by atoms with Crippen molar-refractivity contribution < 1.29 is 29.6 Å². The summed E-state index contributed by atoms with van der Waals surface area (Å²) in [6.07, 6.45) is 5.91. The Morgan fingerprint density at radius 2 is 1.13 bits per heavy atom. The first-order valence-electron chi connectivity index (χ1n) is 17.8. The van der Waals surface area contributed by atoms with Crippen LogP contribution >= 0.6 is 35.6 Å². The van der Waals surface area contributed by atoms with Crippen molar-refractivity contribution in [2.75, 3.05) is 34.3 Å². The summed E-state index contributed by atoms with van der Waals surface area (Å²) < 4.78 is 5.50. The second kappa shape index (κ2) is 17.6. The molecule has 0 saturated heterocycles. The molecule has 0 fully saturated rings. The summed E-state index contributed by atoms with van der Waals surface area (Å²) in [6, 6.07) is 26.8. The molecule has 2 aliphatic heterocycles. The molecule has 4 aromatic carbocycles. The Morgan fingerprint density at radius 1 is 0.679 bits per heavy atom. The lowest BCUT2D eigenvalue weighted by Gasteiger charge is -2.38. The molecule has 282 valence electrons. The maximum atomic E-state index is 10.1. The fourth-order valence-corrected chi connectivity index (χ4v) is 9.09. The molecule has 8 rings (SSSR count). The van der Waals surface area contributed by atoms with Gasteiger partial charge in [0.05, 0.1) is 17.2 Å². The number of benzene rings is 4. The number of halogens is 3. The molecule has 53 heavy (non-hydrogen) atoms. The predicted molar refractivity (Wildman–Crippen MR) is 212 cm³/mol. The van der Waals surface area contributed by atoms with Crippen molar-refractivity contribution in [2.45, 2.75) is 68.9 Å². The number of likely N-dealkylation sites (N-methyl/N-ethyl adjacent to an activating group) is 2. The molecule has 2 aliphatic carbocycles. The third kappa shape index (κ3) is 8.79. The number of carboxylic acids is 2. The van der Waals surface area contributed by atoms with E-state index < -0.39 is 18.4 Å². The van der Waals surface area contributed by atoms with Gasteiger partial charge in [0.2, 0.25) is 0 Å². The standard InChI is InChI=1S/C20H22ClNO.C19H20ClNO.C3H4O4.ClH/c1-22-10-9-14-11-17(21)19(23-2)12-16(14)20-15-6-4-3-5-13(15)7-8-18(20)22;1-21-9-8-13-10-16(20)18(22)11-15(13)19-14-5-3-2-4-12(14)6-7-17(19)21;4-2(5)1-3(6)7;/h3-6,11-12,18,20H,7-10H2,1-2H3;2-5,10-11,17,19,22H,6-9H2,1H3;1H2,(H,4,5)(H,6,7);1H/t18-,20+;17-,19+;;/m00../s1. The van der Waals surface area contributed by atoms with Gasteiger partial charge in [-0.2, -0.15) is 0 Å². The first-order chi connectivity index (χ1) is 25.0. The number of aliphatic carboxylic acids is 2. The van der Waals surface area contributed by atoms with Gasteiger partial charge < -0.3 is 29.9 Å². The number of aryl methyl sites for hydroxylation is 2. The molecule has 11 heteroatoms. The zero-order chi connectivity index (χ0) is 37.1. The summed E-state index contributed by atoms with van der Waals surface area (Å²) in [7, 11) is 6.18. The van der Waals surface area contributed by atoms with E-state index in [4.69, 9.17) is 38.2 Å². The van der Waals surface area contributed by atoms with Gasteiger partial charge in [-0.25, -0.2) is 0 Å². The molecule has 8 nitrogen and oxygen atoms in total. The molecule has 4 aliphatic rings. The number of aromatic hydroxyl groups is 1. The number of carboxylic acid groups (broad SMARTS) is 2. The van der Waals surface area contributed by atoms with E-state index in [1.165, 1.54) is 63.8 Å². The largest absolute Gasteiger partial charge is 0.506 e. The second-order valence-electron chi connectivity index (χ2n) is 14.2. The molecule has 0 radical (unpaired) electrons. The highest BCUT2D eigenvalue weighted by molar-refractivity contribution is 6.32. The molecule has 0 aromatic heterocycles. The highest BCUT2D eigenvalue weighted by Gasteiger charge is 2.38. The van der Waals surface area contributed by atoms with E-state index in [9.17, 15) is 14.7 Å². The van der Waals surface area contributed by atoms with Crippen molar-refractivity contribution in [3.05, 3.63) is 127 Å². The highest BCUT2D eigenvalue weighted by atomic mass is 35.5. The van der Waals surface area contributed by atoms with Gasteiger partial charge in [-0.05, 0) is 121 Å². The second-order valence-corrected chi connectivity index (χ2v) is 15.0. The molecular weight excluding hydrogens is 735 g/mol. The van der Waals surface area contributed by atoms with E-state index >= 15 is 0 Å². The minimum Gasteiger partial charge on any atom is -0.506 e. The number of hydrogen-bond acceptors (Lipinski definition) is 6. The number of fused-ring (bicyclic) bond motifs is 10. The van der Waals surface area contributed by atoms with Crippen LogP contribution in [0, 0.1) is 0 Å². The maximum absolute atomic E-state index is 10.1. The van der Waals surface area contributed by atoms with Gasteiger partial charge >= 0.3 is 11.9 Å². The summed E-state index contributed by atoms with van der Waals surface area (Å²) in [5.74, 6) is -0.896. The molecule has 0 saturated carbocycles. The van der Waals surface area contributed by atoms with Gasteiger partial charge in [0.1, 0.15) is 17.9 Å². The minimum atomic E-state index is -1.31. The van der Waals surface area contributed by atoms with Crippen molar-refractivity contribution in [3.8, 4) is 11.5 Å². The Labute approximate surface area is 327 Å². The lowest BCUT2D eigenvalue weighted by molar-refractivity contribution is -0.147. The normalized spacial score (nSPS) is 21.2. The van der Waals surface area contributed by atoms with E-state index in [1.807, 2.05) is 12.1 Å². The highest BCUT2D eigenvalue weighted by Crippen LogP contribution is 2.46. The van der Waals surface area contributed by atoms with E-state index in [-0.39, 0.29) is 18.2 Å². The molecule has 0 spiro atoms. The van der Waals surface area contributed by atoms with Gasteiger partial charge in [0.25, 0.3) is 0 Å². The number of rotatable bonds is 3. The van der Waals surface area contributed by atoms with Crippen LogP contribution < -0.4 is 4.74 Å². The Hall–Kier alpha value is -3.79. The van der Waals surface area contributed by atoms with Gasteiger partial charge in [0.15, 0.2) is 0 Å². The zero-order valence-corrected chi connectivity index (χ0v) is 32.6. The molecule has 0 unspecified atom stereocenters. The fourth-order valence-electron chi connectivity index (χ4n) is 8.64. The summed E-state index contributed by atoms with van der Waals surface area (Å²) in [5.41, 5.74) is 11.1. The van der Waals surface area contributed by atoms with Crippen molar-refractivity contribution in [3.63, 3.8) is 0 Å². The lowest BCUT2D eigenvalue weighted by atomic mass is 9.74. The smallest absolute Gasteiger partial charge is 0.314 e. The van der Waals surface area contributed by atoms with Gasteiger partial charge in [0, 0.05) is 37.0 Å². The lowest BCUT2D eigenvalue weighted by Crippen LogP contribution is -2.39. The van der Waals surface area contributed by atoms with Crippen LogP contribution in [0.4, 0.5) is 0 Å². The first-order valence-corrected chi connectivity index (χ1v) is 18.6. The zero-order valence-electron chi connectivity index (χ0n) is 30.2. The van der Waals surface area contributed by atoms with Crippen LogP contribution in [0.5, 0.6) is 11.5 Å². The summed E-state index contributed by atoms with van der Waals surface area (Å²) in [6.45, 7) is 2.12. The van der Waals surface area contributed by atoms with E-state index in [0.717, 1.165) is 43.1 Å². The van der Waals surface area contributed by atoms with Crippen LogP contribution in [-0.4, -0.2) is 83.4 Å². The van der Waals surface area contributed by atoms with Crippen LogP contribution in [0.25, 0.3) is 0 Å². The minimum absolute atomic E-state index is 0. The average Bonchev–Trinajstić information content (AvgIpc) is 3.35. The van der Waals surface area contributed by atoms with Gasteiger partial charge in [-0.15, -0.1) is 12.4 Å². The van der Waals surface area contributed by atoms with Crippen LogP contribution in [0.1, 0.15) is 75.6 Å². The number of carbonyl (C=O) groups is 2. The first kappa shape index (κ1) is 40.4. The van der Waals surface area contributed by atoms with Crippen LogP contribution in [-0.2, 0) is 35.3 Å². The molecule has 4 aromatic rings. The Kier molecular flexibility index (Phi) is 13.4. The number of phenolic OH excluding ortho intramolecular Hbond substituents is 1. The number of phenols is 1. The molecule has 3 N–H and O–H groups in total. The monoisotopic (exact) mass is 780 g/mol. The summed E-state index contributed by atoms with van der Waals surface area (Å²) in [4.78, 5) is 23.9. The Bertz CT molecular complexity index is 1940. The average molecular weight is 782 g/mol. The number of ether oxygens (including phenoxy) is 1. The number of nitrogens with zero attached hydrogens (tertiary/aromatic N) is 2. The van der Waals surface area contributed by atoms with Crippen LogP contribution in [0.15, 0.2) is 72.8 Å². The van der Waals surface area contributed by atoms with Crippen LogP contribution in [0.3, 0.4) is 0 Å². The number of hydrogen-bond donors (Lipinski definition) is 3. The molecule has 2 heterocycles. The SMILES string of the molecule is CN1CCc2cc(Cl)c(O)cc2[C@H]2c3ccccc3CC[C@@H]21.COc1cc2c(cc1Cl)CCN(C)[C@H]1CCc3ccccc3[C@H]21.Cl.O=C(O)CC(=O)O. The van der Waals surface area contributed by atoms with E-state index in [0.29, 0.717) is 28.9 Å². The van der Waals surface area contributed by atoms with Crippen LogP contribution in [0.2, 0.25) is 10.0 Å². The van der Waals surface area contributed by atoms with Crippen molar-refractivity contribution in [1.82, 2.24) is 9.80 Å². The summed E-state index contributed by atoms with van der Waals surface area (Å²) in [5, 5.41) is 26.7. The quantitative estimate of drug-likeness (QED) is 0.179. The molecule has 0 amide bonds. The fraction of sp³-hybridized carbons (Fsp3) is 0.381. The maximum Gasteiger partial charge on any atom is 0.314 e. The Balaban J connectivity index is 0.000000171. The van der Waals surface area contributed by atoms with E-state index in [1.54, 1.807) is 7.11 Å². The third-order valence-corrected chi connectivity index (χ3v) is 11.8. The summed E-state index contributed by atoms with van der Waals surface area (Å²) >= 11 is 12.5. The predicted octanol–water partition coefficient (Wildman–Crippen LogP) is 8.23. The van der Waals surface area contributed by atoms with Crippen molar-refractivity contribution >= 4 is 47.5 Å². The Morgan fingerprint density at radius 3 is 1.58 bits per heavy atom. The van der Waals surface area contributed by atoms with Crippen molar-refractivity contribution in [1.29, 1.82) is 0 Å². The topological polar surface area (TPSA) is 111 Å². The molecule has 4 atom stereocenters. The van der Waals surface area contributed by atoms with Gasteiger partial charge in [-0.3, -0.25) is 9.59 Å². The molecular formula is C42H47Cl3N2O6. The molecule has 0 bridgehead atoms. The third-order valence-electron chi connectivity index (χ3n) is 11.2.